The standard InChI is InChI=1S/C15H11F3N6O4/c1-26-10-3-2-8(4-19-10)7-27-14(25)23-13-20-5-9(6-21-13)11-22-12(28-24-11)15(16,17)18/h2-6H,7H2,1H3,(H,20,21,23,25). The predicted molar refractivity (Wildman–Crippen MR) is 84.9 cm³/mol. The molecule has 146 valence electrons. The van der Waals surface area contributed by atoms with Crippen LogP contribution in [0.25, 0.3) is 11.4 Å². The lowest BCUT2D eigenvalue weighted by atomic mass is 10.3. The Morgan fingerprint density at radius 2 is 1.93 bits per heavy atom. The van der Waals surface area contributed by atoms with Gasteiger partial charge in [0.15, 0.2) is 0 Å². The number of pyridine rings is 1. The number of hydrogen-bond acceptors (Lipinski definition) is 9. The van der Waals surface area contributed by atoms with Crippen molar-refractivity contribution in [3.05, 3.63) is 42.2 Å². The lowest BCUT2D eigenvalue weighted by Gasteiger charge is -2.06. The van der Waals surface area contributed by atoms with Crippen LogP contribution < -0.4 is 10.1 Å². The summed E-state index contributed by atoms with van der Waals surface area (Å²) in [6, 6.07) is 3.28. The number of amides is 1. The molecule has 3 aromatic heterocycles. The fourth-order valence-electron chi connectivity index (χ4n) is 1.86. The van der Waals surface area contributed by atoms with Crippen LogP contribution >= 0.6 is 0 Å². The number of ether oxygens (including phenoxy) is 2. The van der Waals surface area contributed by atoms with Crippen molar-refractivity contribution in [2.45, 2.75) is 12.8 Å². The number of halogens is 3. The minimum Gasteiger partial charge on any atom is -0.481 e. The number of hydrogen-bond donors (Lipinski definition) is 1. The van der Waals surface area contributed by atoms with E-state index in [4.69, 9.17) is 9.47 Å². The Labute approximate surface area is 154 Å². The Hall–Kier alpha value is -3.77. The van der Waals surface area contributed by atoms with Gasteiger partial charge in [0.25, 0.3) is 0 Å². The largest absolute Gasteiger partial charge is 0.481 e. The molecule has 13 heteroatoms. The third-order valence-corrected chi connectivity index (χ3v) is 3.17. The van der Waals surface area contributed by atoms with E-state index in [9.17, 15) is 18.0 Å². The van der Waals surface area contributed by atoms with Gasteiger partial charge in [0, 0.05) is 30.2 Å². The molecule has 3 rings (SSSR count). The topological polar surface area (TPSA) is 125 Å². The second kappa shape index (κ2) is 7.85. The highest BCUT2D eigenvalue weighted by Gasteiger charge is 2.38. The van der Waals surface area contributed by atoms with Crippen LogP contribution in [0.15, 0.2) is 35.2 Å². The summed E-state index contributed by atoms with van der Waals surface area (Å²) in [5, 5.41) is 5.48. The SMILES string of the molecule is COc1ccc(COC(=O)Nc2ncc(-c3noc(C(F)(F)F)n3)cn2)cn1. The number of nitrogens with one attached hydrogen (secondary N) is 1. The average Bonchev–Trinajstić information content (AvgIpc) is 3.18. The van der Waals surface area contributed by atoms with Gasteiger partial charge in [0.05, 0.1) is 12.7 Å². The number of aromatic nitrogens is 5. The number of carbonyl (C=O) groups is 1. The van der Waals surface area contributed by atoms with Gasteiger partial charge in [-0.25, -0.2) is 19.7 Å². The van der Waals surface area contributed by atoms with Gasteiger partial charge in [-0.2, -0.15) is 18.2 Å². The first kappa shape index (κ1) is 19.0. The maximum absolute atomic E-state index is 12.5. The van der Waals surface area contributed by atoms with Crippen molar-refractivity contribution >= 4 is 12.0 Å². The lowest BCUT2D eigenvalue weighted by Crippen LogP contribution is -2.15. The van der Waals surface area contributed by atoms with Gasteiger partial charge in [-0.1, -0.05) is 5.16 Å². The molecule has 0 unspecified atom stereocenters. The number of rotatable bonds is 5. The van der Waals surface area contributed by atoms with Crippen molar-refractivity contribution in [3.8, 4) is 17.3 Å². The third-order valence-electron chi connectivity index (χ3n) is 3.17. The molecule has 0 saturated heterocycles. The molecular formula is C15H11F3N6O4. The minimum atomic E-state index is -4.75. The minimum absolute atomic E-state index is 0.0516. The Morgan fingerprint density at radius 1 is 1.18 bits per heavy atom. The van der Waals surface area contributed by atoms with Crippen molar-refractivity contribution in [2.24, 2.45) is 0 Å². The quantitative estimate of drug-likeness (QED) is 0.693. The highest BCUT2D eigenvalue weighted by molar-refractivity contribution is 5.82. The highest BCUT2D eigenvalue weighted by atomic mass is 19.4. The fourth-order valence-corrected chi connectivity index (χ4v) is 1.86. The molecule has 3 heterocycles. The smallest absolute Gasteiger partial charge is 0.471 e. The predicted octanol–water partition coefficient (Wildman–Crippen LogP) is 2.70. The Morgan fingerprint density at radius 3 is 2.50 bits per heavy atom. The van der Waals surface area contributed by atoms with Gasteiger partial charge in [0.1, 0.15) is 6.61 Å². The summed E-state index contributed by atoms with van der Waals surface area (Å²) in [6.07, 6.45) is -1.85. The van der Waals surface area contributed by atoms with E-state index in [0.717, 1.165) is 12.4 Å². The van der Waals surface area contributed by atoms with Crippen LogP contribution in [0.2, 0.25) is 0 Å². The highest BCUT2D eigenvalue weighted by Crippen LogP contribution is 2.29. The number of methoxy groups -OCH3 is 1. The second-order valence-corrected chi connectivity index (χ2v) is 5.13. The van der Waals surface area contributed by atoms with Crippen molar-refractivity contribution in [1.82, 2.24) is 25.1 Å². The molecule has 0 saturated carbocycles. The molecule has 0 bridgehead atoms. The van der Waals surface area contributed by atoms with Crippen LogP contribution in [0.4, 0.5) is 23.9 Å². The molecule has 10 nitrogen and oxygen atoms in total. The molecule has 0 aliphatic rings. The molecule has 1 N–H and O–H groups in total. The first-order valence-electron chi connectivity index (χ1n) is 7.51. The van der Waals surface area contributed by atoms with E-state index >= 15 is 0 Å². The first-order chi connectivity index (χ1) is 13.3. The molecule has 28 heavy (non-hydrogen) atoms. The van der Waals surface area contributed by atoms with Gasteiger partial charge in [0.2, 0.25) is 17.7 Å². The van der Waals surface area contributed by atoms with Gasteiger partial charge < -0.3 is 14.0 Å². The van der Waals surface area contributed by atoms with Crippen molar-refractivity contribution in [2.75, 3.05) is 12.4 Å². The molecule has 0 aliphatic carbocycles. The van der Waals surface area contributed by atoms with Crippen molar-refractivity contribution < 1.29 is 32.0 Å². The van der Waals surface area contributed by atoms with Gasteiger partial charge in [-0.05, 0) is 6.07 Å². The van der Waals surface area contributed by atoms with Gasteiger partial charge in [-0.15, -0.1) is 0 Å². The van der Waals surface area contributed by atoms with Gasteiger partial charge >= 0.3 is 18.2 Å². The molecule has 3 aromatic rings. The van der Waals surface area contributed by atoms with Crippen LogP contribution in [0, 0.1) is 0 Å². The van der Waals surface area contributed by atoms with Crippen LogP contribution in [0.3, 0.4) is 0 Å². The van der Waals surface area contributed by atoms with E-state index in [1.807, 2.05) is 0 Å². The van der Waals surface area contributed by atoms with Crippen LogP contribution in [-0.4, -0.2) is 38.3 Å². The lowest BCUT2D eigenvalue weighted by molar-refractivity contribution is -0.159. The van der Waals surface area contributed by atoms with Crippen LogP contribution in [0.1, 0.15) is 11.5 Å². The number of nitrogens with zero attached hydrogens (tertiary/aromatic N) is 5. The molecule has 0 aromatic carbocycles. The molecule has 0 atom stereocenters. The summed E-state index contributed by atoms with van der Waals surface area (Å²) in [7, 11) is 1.48. The molecule has 0 aliphatic heterocycles. The van der Waals surface area contributed by atoms with Crippen molar-refractivity contribution in [1.29, 1.82) is 0 Å². The number of alkyl halides is 3. The summed E-state index contributed by atoms with van der Waals surface area (Å²) in [4.78, 5) is 26.5. The molecular weight excluding hydrogens is 385 g/mol. The Balaban J connectivity index is 1.56. The van der Waals surface area contributed by atoms with E-state index in [1.54, 1.807) is 12.1 Å². The summed E-state index contributed by atoms with van der Waals surface area (Å²) in [5.41, 5.74) is 0.701. The molecule has 0 fully saturated rings. The van der Waals surface area contributed by atoms with E-state index < -0.39 is 18.2 Å². The Kier molecular flexibility index (Phi) is 5.33. The van der Waals surface area contributed by atoms with E-state index in [0.29, 0.717) is 11.4 Å². The van der Waals surface area contributed by atoms with Crippen LogP contribution in [-0.2, 0) is 17.5 Å². The zero-order valence-electron chi connectivity index (χ0n) is 14.1. The maximum atomic E-state index is 12.5. The van der Waals surface area contributed by atoms with Crippen LogP contribution in [0.5, 0.6) is 5.88 Å². The number of anilines is 1. The van der Waals surface area contributed by atoms with E-state index in [2.05, 4.69) is 34.9 Å². The summed E-state index contributed by atoms with van der Waals surface area (Å²) in [6.45, 7) is -0.0516. The average molecular weight is 396 g/mol. The molecule has 0 spiro atoms. The zero-order chi connectivity index (χ0) is 20.1. The van der Waals surface area contributed by atoms with Crippen molar-refractivity contribution in [3.63, 3.8) is 0 Å². The monoisotopic (exact) mass is 396 g/mol. The number of carbonyl (C=O) groups excluding carboxylic acids is 1. The zero-order valence-corrected chi connectivity index (χ0v) is 14.1. The van der Waals surface area contributed by atoms with Gasteiger partial charge in [-0.3, -0.25) is 5.32 Å². The van der Waals surface area contributed by atoms with E-state index in [-0.39, 0.29) is 23.9 Å². The Bertz CT molecular complexity index is 944. The fraction of sp³-hybridized carbons (Fsp3) is 0.200. The maximum Gasteiger partial charge on any atom is 0.471 e. The first-order valence-corrected chi connectivity index (χ1v) is 7.51. The summed E-state index contributed by atoms with van der Waals surface area (Å²) < 4.78 is 51.4. The summed E-state index contributed by atoms with van der Waals surface area (Å²) in [5.74, 6) is -1.53. The van der Waals surface area contributed by atoms with E-state index in [1.165, 1.54) is 13.3 Å². The summed E-state index contributed by atoms with van der Waals surface area (Å²) >= 11 is 0. The second-order valence-electron chi connectivity index (χ2n) is 5.13. The normalized spacial score (nSPS) is 11.1. The molecule has 1 amide bonds. The molecule has 0 radical (unpaired) electrons. The third kappa shape index (κ3) is 4.69.